The van der Waals surface area contributed by atoms with E-state index in [1.54, 1.807) is 0 Å². The molecule has 0 unspecified atom stereocenters. The Morgan fingerprint density at radius 3 is 2.67 bits per heavy atom. The number of hydrogen-bond acceptors (Lipinski definition) is 1. The summed E-state index contributed by atoms with van der Waals surface area (Å²) in [7, 11) is 1.95. The molecule has 0 spiro atoms. The maximum Gasteiger partial charge on any atom is 0.0808 e. The van der Waals surface area contributed by atoms with E-state index in [0.29, 0.717) is 0 Å². The molecule has 0 saturated heterocycles. The van der Waals surface area contributed by atoms with Crippen molar-refractivity contribution >= 4 is 0 Å². The molecule has 1 saturated carbocycles. The maximum absolute atomic E-state index is 5.46. The minimum absolute atomic E-state index is 0.00792. The fourth-order valence-electron chi connectivity index (χ4n) is 1.39. The van der Waals surface area contributed by atoms with E-state index in [1.807, 2.05) is 18.7 Å². The lowest BCUT2D eigenvalue weighted by atomic mass is 10.0. The molecule has 0 amide bonds. The molecular weight excluding hydrogens is 148 g/mol. The van der Waals surface area contributed by atoms with Gasteiger partial charge in [0.25, 0.3) is 0 Å². The first kappa shape index (κ1) is 7.42. The summed E-state index contributed by atoms with van der Waals surface area (Å²) in [5.74, 6) is 2.83. The second-order valence-electron chi connectivity index (χ2n) is 3.52. The van der Waals surface area contributed by atoms with Crippen molar-refractivity contribution in [3.8, 4) is 12.3 Å². The second kappa shape index (κ2) is 2.13. The van der Waals surface area contributed by atoms with Crippen LogP contribution >= 0.6 is 0 Å². The van der Waals surface area contributed by atoms with Crippen LogP contribution in [0, 0.1) is 19.3 Å². The summed E-state index contributed by atoms with van der Waals surface area (Å²) in [6.45, 7) is 2.04. The van der Waals surface area contributed by atoms with Crippen LogP contribution in [0.1, 0.15) is 24.2 Å². The molecule has 0 bridgehead atoms. The van der Waals surface area contributed by atoms with Crippen molar-refractivity contribution in [3.63, 3.8) is 0 Å². The van der Waals surface area contributed by atoms with Crippen molar-refractivity contribution < 1.29 is 0 Å². The standard InChI is InChI=1S/C10H12N2/c1-4-10(5-6-10)9-7-8(2)12(3)11-9/h1,7H,5-6H2,2-3H3. The van der Waals surface area contributed by atoms with E-state index in [4.69, 9.17) is 6.42 Å². The van der Waals surface area contributed by atoms with E-state index < -0.39 is 0 Å². The van der Waals surface area contributed by atoms with Crippen LogP contribution in [0.2, 0.25) is 0 Å². The van der Waals surface area contributed by atoms with Crippen molar-refractivity contribution in [2.75, 3.05) is 0 Å². The van der Waals surface area contributed by atoms with Crippen molar-refractivity contribution in [2.45, 2.75) is 25.2 Å². The van der Waals surface area contributed by atoms with Crippen molar-refractivity contribution in [2.24, 2.45) is 7.05 Å². The zero-order chi connectivity index (χ0) is 8.77. The summed E-state index contributed by atoms with van der Waals surface area (Å²) in [5.41, 5.74) is 2.24. The van der Waals surface area contributed by atoms with E-state index in [0.717, 1.165) is 18.5 Å². The van der Waals surface area contributed by atoms with Crippen LogP contribution in [-0.4, -0.2) is 9.78 Å². The lowest BCUT2D eigenvalue weighted by Crippen LogP contribution is -2.04. The highest BCUT2D eigenvalue weighted by Gasteiger charge is 2.44. The lowest BCUT2D eigenvalue weighted by molar-refractivity contribution is 0.704. The molecule has 0 aliphatic heterocycles. The molecule has 1 aliphatic rings. The van der Waals surface area contributed by atoms with Gasteiger partial charge >= 0.3 is 0 Å². The molecule has 2 nitrogen and oxygen atoms in total. The highest BCUT2D eigenvalue weighted by molar-refractivity contribution is 5.36. The third kappa shape index (κ3) is 0.863. The Balaban J connectivity index is 2.43. The van der Waals surface area contributed by atoms with Gasteiger partial charge < -0.3 is 0 Å². The lowest BCUT2D eigenvalue weighted by Gasteiger charge is -2.00. The molecule has 0 atom stereocenters. The number of terminal acetylenes is 1. The summed E-state index contributed by atoms with van der Waals surface area (Å²) in [4.78, 5) is 0. The Morgan fingerprint density at radius 1 is 1.67 bits per heavy atom. The topological polar surface area (TPSA) is 17.8 Å². The molecule has 0 aromatic carbocycles. The summed E-state index contributed by atoms with van der Waals surface area (Å²) in [6, 6.07) is 2.09. The van der Waals surface area contributed by atoms with Crippen molar-refractivity contribution in [1.82, 2.24) is 9.78 Å². The predicted molar refractivity (Wildman–Crippen MR) is 47.7 cm³/mol. The van der Waals surface area contributed by atoms with Gasteiger partial charge in [0.15, 0.2) is 0 Å². The Morgan fingerprint density at radius 2 is 2.33 bits per heavy atom. The summed E-state index contributed by atoms with van der Waals surface area (Å²) in [5, 5.41) is 4.39. The summed E-state index contributed by atoms with van der Waals surface area (Å²) >= 11 is 0. The Kier molecular flexibility index (Phi) is 1.32. The van der Waals surface area contributed by atoms with Gasteiger partial charge in [0.05, 0.1) is 11.1 Å². The third-order valence-electron chi connectivity index (χ3n) is 2.63. The van der Waals surface area contributed by atoms with Gasteiger partial charge in [-0.25, -0.2) is 0 Å². The molecule has 1 fully saturated rings. The first-order valence-corrected chi connectivity index (χ1v) is 4.17. The van der Waals surface area contributed by atoms with Crippen LogP contribution in [-0.2, 0) is 12.5 Å². The van der Waals surface area contributed by atoms with E-state index >= 15 is 0 Å². The van der Waals surface area contributed by atoms with Crippen molar-refractivity contribution in [1.29, 1.82) is 0 Å². The first-order valence-electron chi connectivity index (χ1n) is 4.17. The van der Waals surface area contributed by atoms with Gasteiger partial charge in [0, 0.05) is 12.7 Å². The van der Waals surface area contributed by atoms with Crippen LogP contribution in [0.5, 0.6) is 0 Å². The highest BCUT2D eigenvalue weighted by Crippen LogP contribution is 2.46. The number of hydrogen-bond donors (Lipinski definition) is 0. The third-order valence-corrected chi connectivity index (χ3v) is 2.63. The fourth-order valence-corrected chi connectivity index (χ4v) is 1.39. The number of aromatic nitrogens is 2. The summed E-state index contributed by atoms with van der Waals surface area (Å²) < 4.78 is 1.88. The van der Waals surface area contributed by atoms with Gasteiger partial charge in [-0.2, -0.15) is 5.10 Å². The zero-order valence-corrected chi connectivity index (χ0v) is 7.46. The molecule has 12 heavy (non-hydrogen) atoms. The van der Waals surface area contributed by atoms with Crippen LogP contribution in [0.3, 0.4) is 0 Å². The average molecular weight is 160 g/mol. The van der Waals surface area contributed by atoms with Crippen LogP contribution in [0.15, 0.2) is 6.07 Å². The predicted octanol–water partition coefficient (Wildman–Crippen LogP) is 1.39. The van der Waals surface area contributed by atoms with Gasteiger partial charge in [0.1, 0.15) is 0 Å². The summed E-state index contributed by atoms with van der Waals surface area (Å²) in [6.07, 6.45) is 7.66. The van der Waals surface area contributed by atoms with Gasteiger partial charge in [-0.3, -0.25) is 4.68 Å². The van der Waals surface area contributed by atoms with E-state index in [-0.39, 0.29) is 5.41 Å². The number of rotatable bonds is 1. The van der Waals surface area contributed by atoms with E-state index in [2.05, 4.69) is 17.1 Å². The highest BCUT2D eigenvalue weighted by atomic mass is 15.3. The normalized spacial score (nSPS) is 18.8. The molecule has 1 aromatic rings. The molecule has 2 heteroatoms. The largest absolute Gasteiger partial charge is 0.273 e. The van der Waals surface area contributed by atoms with Crippen LogP contribution in [0.25, 0.3) is 0 Å². The van der Waals surface area contributed by atoms with Gasteiger partial charge in [-0.05, 0) is 25.8 Å². The Bertz CT molecular complexity index is 331. The van der Waals surface area contributed by atoms with Gasteiger partial charge in [-0.1, -0.05) is 5.92 Å². The molecule has 1 heterocycles. The molecule has 0 radical (unpaired) electrons. The molecule has 1 aliphatic carbocycles. The quantitative estimate of drug-likeness (QED) is 0.568. The van der Waals surface area contributed by atoms with Crippen molar-refractivity contribution in [3.05, 3.63) is 17.5 Å². The zero-order valence-electron chi connectivity index (χ0n) is 7.46. The first-order chi connectivity index (χ1) is 5.68. The maximum atomic E-state index is 5.46. The van der Waals surface area contributed by atoms with Crippen LogP contribution in [0.4, 0.5) is 0 Å². The fraction of sp³-hybridized carbons (Fsp3) is 0.500. The number of aryl methyl sites for hydroxylation is 2. The van der Waals surface area contributed by atoms with Gasteiger partial charge in [0.2, 0.25) is 0 Å². The Labute approximate surface area is 72.6 Å². The van der Waals surface area contributed by atoms with E-state index in [9.17, 15) is 0 Å². The molecule has 0 N–H and O–H groups in total. The SMILES string of the molecule is C#CC1(c2cc(C)n(C)n2)CC1. The van der Waals surface area contributed by atoms with Gasteiger partial charge in [-0.15, -0.1) is 6.42 Å². The Hall–Kier alpha value is -1.23. The minimum atomic E-state index is -0.00792. The molecule has 1 aromatic heterocycles. The second-order valence-corrected chi connectivity index (χ2v) is 3.52. The monoisotopic (exact) mass is 160 g/mol. The van der Waals surface area contributed by atoms with E-state index in [1.165, 1.54) is 5.69 Å². The minimum Gasteiger partial charge on any atom is -0.273 e. The van der Waals surface area contributed by atoms with Crippen LogP contribution < -0.4 is 0 Å². The molecule has 62 valence electrons. The average Bonchev–Trinajstić information content (AvgIpc) is 2.77. The molecular formula is C10H12N2. The molecule has 2 rings (SSSR count). The number of nitrogens with zero attached hydrogens (tertiary/aromatic N) is 2. The smallest absolute Gasteiger partial charge is 0.0808 e.